The Balaban J connectivity index is 1.96. The van der Waals surface area contributed by atoms with Crippen LogP contribution in [0.25, 0.3) is 0 Å². The van der Waals surface area contributed by atoms with Gasteiger partial charge in [-0.05, 0) is 32.7 Å². The van der Waals surface area contributed by atoms with Gasteiger partial charge < -0.3 is 4.74 Å². The molecular weight excluding hydrogens is 114 g/mol. The van der Waals surface area contributed by atoms with E-state index in [0.29, 0.717) is 12.8 Å². The smallest absolute Gasteiger partial charge is 0.0966 e. The minimum atomic E-state index is 0.470. The molecule has 0 aliphatic heterocycles. The molecule has 0 amide bonds. The molecule has 54 valence electrons. The van der Waals surface area contributed by atoms with Gasteiger partial charge in [0.25, 0.3) is 0 Å². The molecule has 0 spiro atoms. The van der Waals surface area contributed by atoms with Gasteiger partial charge in [-0.2, -0.15) is 0 Å². The summed E-state index contributed by atoms with van der Waals surface area (Å²) in [6, 6.07) is 0. The number of nitrogens with one attached hydrogen (secondary N) is 1. The molecule has 1 rings (SSSR count). The zero-order valence-electron chi connectivity index (χ0n) is 6.18. The van der Waals surface area contributed by atoms with E-state index in [1.807, 2.05) is 7.05 Å². The molecule has 0 heterocycles. The molecule has 1 N–H and O–H groups in total. The van der Waals surface area contributed by atoms with Crippen LogP contribution in [-0.2, 0) is 4.74 Å². The van der Waals surface area contributed by atoms with Gasteiger partial charge in [0.05, 0.1) is 12.8 Å². The molecule has 0 bridgehead atoms. The Labute approximate surface area is 56.6 Å². The van der Waals surface area contributed by atoms with Crippen LogP contribution in [0.5, 0.6) is 0 Å². The summed E-state index contributed by atoms with van der Waals surface area (Å²) < 4.78 is 5.40. The van der Waals surface area contributed by atoms with Crippen molar-refractivity contribution in [2.75, 3.05) is 13.8 Å². The fourth-order valence-electron chi connectivity index (χ4n) is 0.917. The van der Waals surface area contributed by atoms with Crippen molar-refractivity contribution in [3.05, 3.63) is 0 Å². The minimum Gasteiger partial charge on any atom is -0.363 e. The van der Waals surface area contributed by atoms with Crippen LogP contribution < -0.4 is 5.32 Å². The Hall–Kier alpha value is -0.0800. The normalized spacial score (nSPS) is 22.0. The van der Waals surface area contributed by atoms with E-state index < -0.39 is 0 Å². The highest BCUT2D eigenvalue weighted by atomic mass is 16.5. The molecule has 0 saturated heterocycles. The highest BCUT2D eigenvalue weighted by Gasteiger charge is 2.28. The first-order valence-electron chi connectivity index (χ1n) is 3.61. The van der Waals surface area contributed by atoms with E-state index in [1.165, 1.54) is 12.8 Å². The minimum absolute atomic E-state index is 0.470. The molecule has 0 aromatic carbocycles. The van der Waals surface area contributed by atoms with Crippen LogP contribution >= 0.6 is 0 Å². The molecule has 0 aromatic rings. The van der Waals surface area contributed by atoms with E-state index in [9.17, 15) is 0 Å². The van der Waals surface area contributed by atoms with Crippen molar-refractivity contribution in [1.82, 2.24) is 5.32 Å². The summed E-state index contributed by atoms with van der Waals surface area (Å²) in [6.07, 6.45) is 3.20. The van der Waals surface area contributed by atoms with Gasteiger partial charge in [0.15, 0.2) is 0 Å². The number of hydrogen-bond acceptors (Lipinski definition) is 2. The lowest BCUT2D eigenvalue weighted by atomic mass is 10.3. The van der Waals surface area contributed by atoms with Crippen molar-refractivity contribution >= 4 is 0 Å². The molecule has 1 unspecified atom stereocenters. The Bertz CT molecular complexity index is 81.0. The zero-order chi connectivity index (χ0) is 6.69. The van der Waals surface area contributed by atoms with Crippen molar-refractivity contribution in [3.8, 4) is 0 Å². The maximum atomic E-state index is 5.40. The second-order valence-corrected chi connectivity index (χ2v) is 2.71. The van der Waals surface area contributed by atoms with Crippen LogP contribution in [0.3, 0.4) is 0 Å². The van der Waals surface area contributed by atoms with Gasteiger partial charge in [-0.25, -0.2) is 0 Å². The van der Waals surface area contributed by atoms with Gasteiger partial charge in [0, 0.05) is 0 Å². The summed E-state index contributed by atoms with van der Waals surface area (Å²) in [6.45, 7) is 2.84. The summed E-state index contributed by atoms with van der Waals surface area (Å²) >= 11 is 0. The van der Waals surface area contributed by atoms with Gasteiger partial charge in [-0.15, -0.1) is 0 Å². The molecule has 0 radical (unpaired) electrons. The van der Waals surface area contributed by atoms with Crippen LogP contribution in [-0.4, -0.2) is 19.9 Å². The molecule has 0 aromatic heterocycles. The van der Waals surface area contributed by atoms with Gasteiger partial charge >= 0.3 is 0 Å². The quantitative estimate of drug-likeness (QED) is 0.571. The SMILES string of the molecule is CNCOC(C)C1CC1. The molecular formula is C7H15NO. The van der Waals surface area contributed by atoms with E-state index in [-0.39, 0.29) is 0 Å². The lowest BCUT2D eigenvalue weighted by Crippen LogP contribution is -2.19. The second-order valence-electron chi connectivity index (χ2n) is 2.71. The van der Waals surface area contributed by atoms with Crippen molar-refractivity contribution in [3.63, 3.8) is 0 Å². The van der Waals surface area contributed by atoms with Gasteiger partial charge in [-0.3, -0.25) is 5.32 Å². The van der Waals surface area contributed by atoms with Crippen molar-refractivity contribution in [2.24, 2.45) is 5.92 Å². The summed E-state index contributed by atoms with van der Waals surface area (Å²) in [5.74, 6) is 0.860. The fraction of sp³-hybridized carbons (Fsp3) is 1.00. The molecule has 2 heteroatoms. The summed E-state index contributed by atoms with van der Waals surface area (Å²) in [5.41, 5.74) is 0. The Kier molecular flexibility index (Phi) is 2.49. The fourth-order valence-corrected chi connectivity index (χ4v) is 0.917. The van der Waals surface area contributed by atoms with Gasteiger partial charge in [0.1, 0.15) is 0 Å². The predicted molar refractivity (Wildman–Crippen MR) is 37.2 cm³/mol. The molecule has 1 aliphatic rings. The van der Waals surface area contributed by atoms with Crippen molar-refractivity contribution in [1.29, 1.82) is 0 Å². The first kappa shape index (κ1) is 7.03. The van der Waals surface area contributed by atoms with E-state index in [1.54, 1.807) is 0 Å². The third-order valence-electron chi connectivity index (χ3n) is 1.78. The Morgan fingerprint density at radius 3 is 2.78 bits per heavy atom. The van der Waals surface area contributed by atoms with Crippen LogP contribution in [0, 0.1) is 5.92 Å². The first-order valence-corrected chi connectivity index (χ1v) is 3.61. The van der Waals surface area contributed by atoms with Crippen LogP contribution in [0.15, 0.2) is 0 Å². The number of rotatable bonds is 4. The predicted octanol–water partition coefficient (Wildman–Crippen LogP) is 0.978. The highest BCUT2D eigenvalue weighted by molar-refractivity contribution is 4.78. The second kappa shape index (κ2) is 3.18. The van der Waals surface area contributed by atoms with Crippen LogP contribution in [0.2, 0.25) is 0 Å². The zero-order valence-corrected chi connectivity index (χ0v) is 6.18. The molecule has 9 heavy (non-hydrogen) atoms. The molecule has 1 saturated carbocycles. The van der Waals surface area contributed by atoms with Crippen molar-refractivity contribution in [2.45, 2.75) is 25.9 Å². The van der Waals surface area contributed by atoms with Crippen molar-refractivity contribution < 1.29 is 4.74 Å². The molecule has 1 aliphatic carbocycles. The molecule has 2 nitrogen and oxygen atoms in total. The van der Waals surface area contributed by atoms with Crippen LogP contribution in [0.4, 0.5) is 0 Å². The standard InChI is InChI=1S/C7H15NO/c1-6(7-3-4-7)9-5-8-2/h6-8H,3-5H2,1-2H3. The van der Waals surface area contributed by atoms with Gasteiger partial charge in [0.2, 0.25) is 0 Å². The van der Waals surface area contributed by atoms with E-state index in [2.05, 4.69) is 12.2 Å². The summed E-state index contributed by atoms with van der Waals surface area (Å²) in [5, 5.41) is 2.96. The lowest BCUT2D eigenvalue weighted by Gasteiger charge is -2.09. The number of ether oxygens (including phenoxy) is 1. The van der Waals surface area contributed by atoms with Crippen LogP contribution in [0.1, 0.15) is 19.8 Å². The monoisotopic (exact) mass is 129 g/mol. The average molecular weight is 129 g/mol. The van der Waals surface area contributed by atoms with Gasteiger partial charge in [-0.1, -0.05) is 0 Å². The lowest BCUT2D eigenvalue weighted by molar-refractivity contribution is 0.0422. The number of hydrogen-bond donors (Lipinski definition) is 1. The third-order valence-corrected chi connectivity index (χ3v) is 1.78. The topological polar surface area (TPSA) is 21.3 Å². The van der Waals surface area contributed by atoms with E-state index in [4.69, 9.17) is 4.74 Å². The summed E-state index contributed by atoms with van der Waals surface area (Å²) in [4.78, 5) is 0. The first-order chi connectivity index (χ1) is 4.34. The Morgan fingerprint density at radius 2 is 2.33 bits per heavy atom. The van der Waals surface area contributed by atoms with E-state index in [0.717, 1.165) is 5.92 Å². The Morgan fingerprint density at radius 1 is 1.67 bits per heavy atom. The maximum Gasteiger partial charge on any atom is 0.0966 e. The largest absolute Gasteiger partial charge is 0.363 e. The third kappa shape index (κ3) is 2.33. The summed E-state index contributed by atoms with van der Waals surface area (Å²) in [7, 11) is 1.90. The maximum absolute atomic E-state index is 5.40. The molecule has 1 atom stereocenters. The molecule has 1 fully saturated rings. The average Bonchev–Trinajstić information content (AvgIpc) is 2.63. The highest BCUT2D eigenvalue weighted by Crippen LogP contribution is 2.33. The van der Waals surface area contributed by atoms with E-state index >= 15 is 0 Å².